The Bertz CT molecular complexity index is 58.0. The number of hydrogen-bond acceptors (Lipinski definition) is 2. The van der Waals surface area contributed by atoms with Gasteiger partial charge in [0.1, 0.15) is 0 Å². The quantitative estimate of drug-likeness (QED) is 0.312. The molecule has 0 aliphatic heterocycles. The Morgan fingerprint density at radius 2 is 2.25 bits per heavy atom. The molecule has 0 spiro atoms. The van der Waals surface area contributed by atoms with Gasteiger partial charge in [-0.1, -0.05) is 0 Å². The monoisotopic (exact) mass is 277 g/mol. The van der Waals surface area contributed by atoms with Gasteiger partial charge in [-0.25, -0.2) is 0 Å². The van der Waals surface area contributed by atoms with Crippen LogP contribution >= 0.6 is 20.3 Å². The first kappa shape index (κ1) is 11.4. The van der Waals surface area contributed by atoms with E-state index in [-0.39, 0.29) is 0 Å². The Hall–Kier alpha value is 0.589. The van der Waals surface area contributed by atoms with Gasteiger partial charge in [-0.3, -0.25) is 11.7 Å². The molecule has 0 unspecified atom stereocenters. The zero-order valence-corrected chi connectivity index (χ0v) is 7.51. The third-order valence-electron chi connectivity index (χ3n) is 0.305. The van der Waals surface area contributed by atoms with Gasteiger partial charge >= 0.3 is 33.1 Å². The van der Waals surface area contributed by atoms with Crippen LogP contribution in [0.2, 0.25) is 0 Å². The standard InChI is InChI=1S/C4H7O2.Cu.HI/c1-3-6-4(2)5;;/h2-3H2,1H3;;1H/q-1;+2;/p-1. The Morgan fingerprint density at radius 3 is 2.25 bits per heavy atom. The molecule has 2 nitrogen and oxygen atoms in total. The van der Waals surface area contributed by atoms with E-state index in [0.29, 0.717) is 6.61 Å². The Kier molecular flexibility index (Phi) is 15.0. The van der Waals surface area contributed by atoms with Crippen molar-refractivity contribution >= 4 is 26.3 Å². The molecule has 0 aromatic rings. The molecule has 0 amide bonds. The minimum absolute atomic E-state index is 0.419. The summed E-state index contributed by atoms with van der Waals surface area (Å²) in [6, 6.07) is 0. The maximum atomic E-state index is 9.71. The summed E-state index contributed by atoms with van der Waals surface area (Å²) in [6.45, 7) is 5.13. The number of carbonyl (C=O) groups excluding carboxylic acids is 1. The van der Waals surface area contributed by atoms with Gasteiger partial charge in [0.05, 0.1) is 6.61 Å². The van der Waals surface area contributed by atoms with Crippen LogP contribution in [0.4, 0.5) is 0 Å². The molecule has 0 radical (unpaired) electrons. The minimum atomic E-state index is -0.461. The van der Waals surface area contributed by atoms with Crippen LogP contribution in [0.1, 0.15) is 6.92 Å². The fourth-order valence-electron chi connectivity index (χ4n) is 0.161. The van der Waals surface area contributed by atoms with Gasteiger partial charge in [-0.2, -0.15) is 0 Å². The number of halogens is 1. The van der Waals surface area contributed by atoms with E-state index in [4.69, 9.17) is 0 Å². The van der Waals surface area contributed by atoms with Crippen LogP contribution in [0, 0.1) is 6.92 Å². The van der Waals surface area contributed by atoms with Crippen LogP contribution in [0.15, 0.2) is 0 Å². The Morgan fingerprint density at radius 1 is 1.88 bits per heavy atom. The van der Waals surface area contributed by atoms with Gasteiger partial charge in [0.2, 0.25) is 0 Å². The predicted molar refractivity (Wildman–Crippen MR) is 36.0 cm³/mol. The second-order valence-electron chi connectivity index (χ2n) is 0.805. The molecular formula is C4H7CuIO2. The molecule has 0 fully saturated rings. The van der Waals surface area contributed by atoms with E-state index < -0.39 is 5.97 Å². The van der Waals surface area contributed by atoms with Crippen molar-refractivity contribution in [3.8, 4) is 0 Å². The molecule has 0 saturated carbocycles. The summed E-state index contributed by atoms with van der Waals surface area (Å²) in [6.07, 6.45) is 0. The molecule has 53 valence electrons. The van der Waals surface area contributed by atoms with Crippen molar-refractivity contribution in [3.63, 3.8) is 0 Å². The van der Waals surface area contributed by atoms with Crippen molar-refractivity contribution in [1.29, 1.82) is 0 Å². The maximum absolute atomic E-state index is 9.71. The normalized spacial score (nSPS) is 6.50. The summed E-state index contributed by atoms with van der Waals surface area (Å²) < 4.78 is 4.29. The predicted octanol–water partition coefficient (Wildman–Crippen LogP) is 1.27. The van der Waals surface area contributed by atoms with E-state index in [1.54, 1.807) is 27.3 Å². The first-order valence-electron chi connectivity index (χ1n) is 1.87. The average Bonchev–Trinajstić information content (AvgIpc) is 1.72. The molecule has 0 aliphatic carbocycles. The number of carbonyl (C=O) groups is 1. The molecule has 0 heterocycles. The van der Waals surface area contributed by atoms with E-state index in [0.717, 1.165) is 0 Å². The number of rotatable bonds is 1. The molecule has 0 aromatic heterocycles. The number of hydrogen-bond donors (Lipinski definition) is 0. The van der Waals surface area contributed by atoms with E-state index in [2.05, 4.69) is 24.4 Å². The molecule has 0 bridgehead atoms. The summed E-state index contributed by atoms with van der Waals surface area (Å²) in [7, 11) is 0. The first-order chi connectivity index (χ1) is 3.77. The molecular weight excluding hydrogens is 270 g/mol. The van der Waals surface area contributed by atoms with Crippen LogP contribution in [-0.4, -0.2) is 12.6 Å². The van der Waals surface area contributed by atoms with Gasteiger partial charge < -0.3 is 4.74 Å². The van der Waals surface area contributed by atoms with E-state index in [1.165, 1.54) is 0 Å². The Balaban J connectivity index is 0. The third-order valence-corrected chi connectivity index (χ3v) is 0.305. The molecule has 0 saturated heterocycles. The van der Waals surface area contributed by atoms with Crippen molar-refractivity contribution in [2.24, 2.45) is 0 Å². The number of ether oxygens (including phenoxy) is 1. The second-order valence-corrected chi connectivity index (χ2v) is 0.805. The average molecular weight is 278 g/mol. The van der Waals surface area contributed by atoms with Crippen molar-refractivity contribution in [2.45, 2.75) is 6.92 Å². The van der Waals surface area contributed by atoms with Crippen LogP contribution in [-0.2, 0) is 22.3 Å². The van der Waals surface area contributed by atoms with Gasteiger partial charge in [0.15, 0.2) is 5.97 Å². The summed E-state index contributed by atoms with van der Waals surface area (Å²) in [4.78, 5) is 9.71. The summed E-state index contributed by atoms with van der Waals surface area (Å²) in [5.41, 5.74) is 0. The first-order valence-corrected chi connectivity index (χ1v) is 4.91. The molecule has 0 atom stereocenters. The third kappa shape index (κ3) is 16.0. The van der Waals surface area contributed by atoms with E-state index >= 15 is 0 Å². The van der Waals surface area contributed by atoms with Gasteiger partial charge in [-0.05, 0) is 6.92 Å². The fraction of sp³-hybridized carbons (Fsp3) is 0.500. The number of esters is 1. The van der Waals surface area contributed by atoms with Gasteiger partial charge in [0, 0.05) is 0 Å². The summed E-state index contributed by atoms with van der Waals surface area (Å²) in [5.74, 6) is -0.461. The van der Waals surface area contributed by atoms with Crippen LogP contribution in [0.5, 0.6) is 0 Å². The zero-order valence-electron chi connectivity index (χ0n) is 4.41. The topological polar surface area (TPSA) is 26.3 Å². The van der Waals surface area contributed by atoms with Crippen LogP contribution in [0.25, 0.3) is 0 Å². The molecule has 0 aliphatic rings. The van der Waals surface area contributed by atoms with Crippen LogP contribution < -0.4 is 0 Å². The van der Waals surface area contributed by atoms with Crippen molar-refractivity contribution in [1.82, 2.24) is 0 Å². The summed E-state index contributed by atoms with van der Waals surface area (Å²) >= 11 is 5.87. The van der Waals surface area contributed by atoms with E-state index in [1.807, 2.05) is 0 Å². The molecule has 0 rings (SSSR count). The summed E-state index contributed by atoms with van der Waals surface area (Å²) in [5, 5.41) is 0. The second kappa shape index (κ2) is 10.5. The molecule has 0 N–H and O–H groups in total. The van der Waals surface area contributed by atoms with Crippen molar-refractivity contribution < 1.29 is 22.3 Å². The van der Waals surface area contributed by atoms with Crippen molar-refractivity contribution in [2.75, 3.05) is 6.61 Å². The molecule has 8 heavy (non-hydrogen) atoms. The molecule has 0 aromatic carbocycles. The zero-order chi connectivity index (χ0) is 6.99. The van der Waals surface area contributed by atoms with Gasteiger partial charge in [-0.15, -0.1) is 0 Å². The SMILES string of the molecule is [CH2-]C(=O)OCC.[Cu+][I]. The van der Waals surface area contributed by atoms with Gasteiger partial charge in [0.25, 0.3) is 0 Å². The van der Waals surface area contributed by atoms with Crippen molar-refractivity contribution in [3.05, 3.63) is 6.92 Å². The molecule has 4 heteroatoms. The van der Waals surface area contributed by atoms with Crippen LogP contribution in [0.3, 0.4) is 0 Å². The fourth-order valence-corrected chi connectivity index (χ4v) is 0.161. The Labute approximate surface area is 68.9 Å². The van der Waals surface area contributed by atoms with E-state index in [9.17, 15) is 4.79 Å².